The summed E-state index contributed by atoms with van der Waals surface area (Å²) in [6.45, 7) is 2.90. The maximum Gasteiger partial charge on any atom is 0.236 e. The molecule has 2 heterocycles. The Morgan fingerprint density at radius 1 is 1.22 bits per heavy atom. The lowest BCUT2D eigenvalue weighted by Gasteiger charge is -2.57. The van der Waals surface area contributed by atoms with Crippen LogP contribution in [0.2, 0.25) is 0 Å². The average molecular weight is 328 g/mol. The van der Waals surface area contributed by atoms with Gasteiger partial charge in [-0.25, -0.2) is 4.98 Å². The molecule has 3 nitrogen and oxygen atoms in total. The summed E-state index contributed by atoms with van der Waals surface area (Å²) in [6, 6.07) is 4.12. The Labute approximate surface area is 141 Å². The summed E-state index contributed by atoms with van der Waals surface area (Å²) < 4.78 is 5.89. The SMILES string of the molecule is Cc1oc(-c2cccs2)nc1CNC12CC3CC(CC(C3)C1)C2. The maximum atomic E-state index is 5.89. The highest BCUT2D eigenvalue weighted by atomic mass is 32.1. The van der Waals surface area contributed by atoms with Crippen molar-refractivity contribution in [3.05, 3.63) is 29.0 Å². The summed E-state index contributed by atoms with van der Waals surface area (Å²) in [4.78, 5) is 5.87. The molecule has 0 aliphatic heterocycles. The molecule has 0 atom stereocenters. The van der Waals surface area contributed by atoms with Gasteiger partial charge in [-0.15, -0.1) is 11.3 Å². The summed E-state index contributed by atoms with van der Waals surface area (Å²) in [6.07, 6.45) is 8.63. The monoisotopic (exact) mass is 328 g/mol. The number of oxazole rings is 1. The van der Waals surface area contributed by atoms with Crippen molar-refractivity contribution >= 4 is 11.3 Å². The average Bonchev–Trinajstić information content (AvgIpc) is 3.13. The van der Waals surface area contributed by atoms with Gasteiger partial charge < -0.3 is 9.73 Å². The summed E-state index contributed by atoms with van der Waals surface area (Å²) in [5, 5.41) is 6.00. The summed E-state index contributed by atoms with van der Waals surface area (Å²) >= 11 is 1.69. The van der Waals surface area contributed by atoms with E-state index < -0.39 is 0 Å². The van der Waals surface area contributed by atoms with Crippen molar-refractivity contribution in [1.29, 1.82) is 0 Å². The number of hydrogen-bond donors (Lipinski definition) is 1. The van der Waals surface area contributed by atoms with Crippen molar-refractivity contribution in [2.45, 2.75) is 57.5 Å². The van der Waals surface area contributed by atoms with Crippen molar-refractivity contribution in [3.63, 3.8) is 0 Å². The Kier molecular flexibility index (Phi) is 3.21. The molecule has 4 fully saturated rings. The number of nitrogens with zero attached hydrogens (tertiary/aromatic N) is 1. The molecular weight excluding hydrogens is 304 g/mol. The molecule has 4 saturated carbocycles. The Morgan fingerprint density at radius 2 is 1.91 bits per heavy atom. The number of aromatic nitrogens is 1. The minimum Gasteiger partial charge on any atom is -0.440 e. The van der Waals surface area contributed by atoms with Crippen LogP contribution in [0.1, 0.15) is 50.0 Å². The van der Waals surface area contributed by atoms with Crippen LogP contribution in [0.5, 0.6) is 0 Å². The molecule has 1 N–H and O–H groups in total. The topological polar surface area (TPSA) is 38.1 Å². The predicted molar refractivity (Wildman–Crippen MR) is 92.3 cm³/mol. The van der Waals surface area contributed by atoms with Crippen molar-refractivity contribution in [1.82, 2.24) is 10.3 Å². The highest BCUT2D eigenvalue weighted by Crippen LogP contribution is 2.55. The molecule has 4 bridgehead atoms. The van der Waals surface area contributed by atoms with Crippen LogP contribution in [0.4, 0.5) is 0 Å². The second-order valence-corrected chi connectivity index (χ2v) is 9.00. The Morgan fingerprint density at radius 3 is 2.52 bits per heavy atom. The van der Waals surface area contributed by atoms with Gasteiger partial charge in [-0.1, -0.05) is 6.07 Å². The molecule has 6 rings (SSSR count). The molecule has 4 aliphatic rings. The summed E-state index contributed by atoms with van der Waals surface area (Å²) in [5.74, 6) is 4.68. The maximum absolute atomic E-state index is 5.89. The van der Waals surface area contributed by atoms with Crippen molar-refractivity contribution in [3.8, 4) is 10.8 Å². The van der Waals surface area contributed by atoms with E-state index in [1.807, 2.05) is 13.0 Å². The van der Waals surface area contributed by atoms with Crippen LogP contribution in [0.3, 0.4) is 0 Å². The van der Waals surface area contributed by atoms with E-state index in [4.69, 9.17) is 9.40 Å². The first kappa shape index (κ1) is 14.2. The minimum absolute atomic E-state index is 0.392. The second kappa shape index (κ2) is 5.18. The lowest BCUT2D eigenvalue weighted by Crippen LogP contribution is -2.58. The van der Waals surface area contributed by atoms with Gasteiger partial charge in [0.15, 0.2) is 0 Å². The molecule has 4 heteroatoms. The molecule has 2 aromatic heterocycles. The smallest absolute Gasteiger partial charge is 0.236 e. The van der Waals surface area contributed by atoms with Gasteiger partial charge in [0.1, 0.15) is 5.76 Å². The van der Waals surface area contributed by atoms with Crippen molar-refractivity contribution < 1.29 is 4.42 Å². The quantitative estimate of drug-likeness (QED) is 0.878. The highest BCUT2D eigenvalue weighted by molar-refractivity contribution is 7.13. The van der Waals surface area contributed by atoms with E-state index in [2.05, 4.69) is 16.8 Å². The third-order valence-corrected chi connectivity index (χ3v) is 7.15. The van der Waals surface area contributed by atoms with Gasteiger partial charge in [0.2, 0.25) is 5.89 Å². The van der Waals surface area contributed by atoms with Gasteiger partial charge in [0.05, 0.1) is 10.6 Å². The van der Waals surface area contributed by atoms with Crippen LogP contribution in [-0.2, 0) is 6.54 Å². The third kappa shape index (κ3) is 2.47. The molecule has 122 valence electrons. The first-order valence-corrected chi connectivity index (χ1v) is 9.82. The van der Waals surface area contributed by atoms with E-state index in [-0.39, 0.29) is 0 Å². The first-order chi connectivity index (χ1) is 11.2. The molecule has 0 amide bonds. The van der Waals surface area contributed by atoms with E-state index >= 15 is 0 Å². The van der Waals surface area contributed by atoms with Gasteiger partial charge in [-0.05, 0) is 74.6 Å². The van der Waals surface area contributed by atoms with Crippen LogP contribution in [0.25, 0.3) is 10.8 Å². The fourth-order valence-electron chi connectivity index (χ4n) is 5.70. The number of nitrogens with one attached hydrogen (secondary N) is 1. The molecule has 0 aromatic carbocycles. The fraction of sp³-hybridized carbons (Fsp3) is 0.632. The van der Waals surface area contributed by atoms with Crippen LogP contribution >= 0.6 is 11.3 Å². The van der Waals surface area contributed by atoms with Gasteiger partial charge in [-0.3, -0.25) is 0 Å². The van der Waals surface area contributed by atoms with Crippen molar-refractivity contribution in [2.75, 3.05) is 0 Å². The summed E-state index contributed by atoms with van der Waals surface area (Å²) in [7, 11) is 0. The summed E-state index contributed by atoms with van der Waals surface area (Å²) in [5.41, 5.74) is 1.48. The molecule has 4 aliphatic carbocycles. The molecule has 0 unspecified atom stereocenters. The van der Waals surface area contributed by atoms with Crippen LogP contribution in [-0.4, -0.2) is 10.5 Å². The zero-order chi connectivity index (χ0) is 15.4. The lowest BCUT2D eigenvalue weighted by atomic mass is 9.53. The van der Waals surface area contributed by atoms with Crippen molar-refractivity contribution in [2.24, 2.45) is 17.8 Å². The molecule has 0 radical (unpaired) electrons. The first-order valence-electron chi connectivity index (χ1n) is 8.94. The number of rotatable bonds is 4. The third-order valence-electron chi connectivity index (χ3n) is 6.29. The molecular formula is C19H24N2OS. The molecule has 0 saturated heterocycles. The predicted octanol–water partition coefficient (Wildman–Crippen LogP) is 4.77. The van der Waals surface area contributed by atoms with E-state index in [1.54, 1.807) is 11.3 Å². The lowest BCUT2D eigenvalue weighted by molar-refractivity contribution is -0.0207. The van der Waals surface area contributed by atoms with E-state index in [1.165, 1.54) is 38.5 Å². The largest absolute Gasteiger partial charge is 0.440 e. The number of aryl methyl sites for hydroxylation is 1. The van der Waals surface area contributed by atoms with Gasteiger partial charge in [0, 0.05) is 12.1 Å². The fourth-order valence-corrected chi connectivity index (χ4v) is 6.35. The Bertz CT molecular complexity index is 668. The molecule has 0 spiro atoms. The van der Waals surface area contributed by atoms with E-state index in [0.717, 1.165) is 46.5 Å². The number of hydrogen-bond acceptors (Lipinski definition) is 4. The molecule has 23 heavy (non-hydrogen) atoms. The number of thiophene rings is 1. The Hall–Kier alpha value is -1.13. The normalized spacial score (nSPS) is 35.1. The minimum atomic E-state index is 0.392. The molecule has 2 aromatic rings. The van der Waals surface area contributed by atoms with Crippen LogP contribution in [0, 0.1) is 24.7 Å². The zero-order valence-corrected chi connectivity index (χ0v) is 14.5. The van der Waals surface area contributed by atoms with Gasteiger partial charge in [-0.2, -0.15) is 0 Å². The Balaban J connectivity index is 1.33. The van der Waals surface area contributed by atoms with Gasteiger partial charge in [0.25, 0.3) is 0 Å². The van der Waals surface area contributed by atoms with Gasteiger partial charge >= 0.3 is 0 Å². The standard InChI is InChI=1S/C19H24N2OS/c1-12-16(21-18(22-12)17-3-2-4-23-17)11-20-19-8-13-5-14(9-19)7-15(6-13)10-19/h2-4,13-15,20H,5-11H2,1H3. The highest BCUT2D eigenvalue weighted by Gasteiger charge is 2.50. The van der Waals surface area contributed by atoms with E-state index in [9.17, 15) is 0 Å². The van der Waals surface area contributed by atoms with Crippen LogP contribution < -0.4 is 5.32 Å². The van der Waals surface area contributed by atoms with Crippen LogP contribution in [0.15, 0.2) is 21.9 Å². The van der Waals surface area contributed by atoms with E-state index in [0.29, 0.717) is 5.54 Å². The zero-order valence-electron chi connectivity index (χ0n) is 13.7. The second-order valence-electron chi connectivity index (χ2n) is 8.05.